The summed E-state index contributed by atoms with van der Waals surface area (Å²) in [4.78, 5) is 24.5. The SMILES string of the molecule is Cn1cccc1-c1nc2ncc(Br)c(N[C@H]3[C@@H](C(N)=O)[C@@H]4C=C[C@H]3C4)c2[nH]1. The van der Waals surface area contributed by atoms with Gasteiger partial charge in [0.2, 0.25) is 5.91 Å². The Morgan fingerprint density at radius 3 is 2.96 bits per heavy atom. The van der Waals surface area contributed by atoms with Gasteiger partial charge in [-0.05, 0) is 46.3 Å². The molecule has 2 aliphatic carbocycles. The molecule has 27 heavy (non-hydrogen) atoms. The zero-order valence-electron chi connectivity index (χ0n) is 14.7. The normalized spacial score (nSPS) is 26.1. The number of H-pyrrole nitrogens is 1. The number of rotatable bonds is 4. The lowest BCUT2D eigenvalue weighted by atomic mass is 9.88. The van der Waals surface area contributed by atoms with Crippen molar-refractivity contribution in [1.82, 2.24) is 19.5 Å². The minimum absolute atomic E-state index is 0.0267. The maximum absolute atomic E-state index is 12.0. The third-order valence-electron chi connectivity index (χ3n) is 5.76. The van der Waals surface area contributed by atoms with Crippen molar-refractivity contribution in [3.8, 4) is 11.5 Å². The molecule has 0 saturated heterocycles. The van der Waals surface area contributed by atoms with Crippen LogP contribution in [0.1, 0.15) is 6.42 Å². The van der Waals surface area contributed by atoms with Crippen molar-refractivity contribution in [3.63, 3.8) is 0 Å². The molecule has 0 unspecified atom stereocenters. The molecule has 0 spiro atoms. The van der Waals surface area contributed by atoms with Crippen LogP contribution in [0, 0.1) is 17.8 Å². The Labute approximate surface area is 164 Å². The van der Waals surface area contributed by atoms with Crippen LogP contribution in [0.15, 0.2) is 41.2 Å². The number of hydrogen-bond acceptors (Lipinski definition) is 4. The van der Waals surface area contributed by atoms with E-state index in [4.69, 9.17) is 5.73 Å². The first kappa shape index (κ1) is 16.6. The summed E-state index contributed by atoms with van der Waals surface area (Å²) in [6, 6.07) is 3.95. The number of imidazole rings is 1. The molecule has 0 aliphatic heterocycles. The molecule has 2 aliphatic rings. The molecule has 7 nitrogen and oxygen atoms in total. The van der Waals surface area contributed by atoms with Crippen LogP contribution in [0.2, 0.25) is 0 Å². The van der Waals surface area contributed by atoms with Crippen molar-refractivity contribution in [2.75, 3.05) is 5.32 Å². The fraction of sp³-hybridized carbons (Fsp3) is 0.316. The number of aromatic nitrogens is 4. The van der Waals surface area contributed by atoms with Crippen LogP contribution in [-0.2, 0) is 11.8 Å². The van der Waals surface area contributed by atoms with Crippen LogP contribution < -0.4 is 11.1 Å². The monoisotopic (exact) mass is 426 g/mol. The fourth-order valence-corrected chi connectivity index (χ4v) is 4.89. The van der Waals surface area contributed by atoms with Gasteiger partial charge in [0.25, 0.3) is 0 Å². The van der Waals surface area contributed by atoms with Gasteiger partial charge in [0.05, 0.1) is 21.8 Å². The van der Waals surface area contributed by atoms with Crippen molar-refractivity contribution in [2.24, 2.45) is 30.5 Å². The van der Waals surface area contributed by atoms with Crippen LogP contribution in [0.25, 0.3) is 22.7 Å². The van der Waals surface area contributed by atoms with Crippen molar-refractivity contribution in [2.45, 2.75) is 12.5 Å². The summed E-state index contributed by atoms with van der Waals surface area (Å²) in [5.74, 6) is 0.829. The lowest BCUT2D eigenvalue weighted by Gasteiger charge is -2.28. The van der Waals surface area contributed by atoms with Crippen molar-refractivity contribution in [3.05, 3.63) is 41.2 Å². The topological polar surface area (TPSA) is 102 Å². The summed E-state index contributed by atoms with van der Waals surface area (Å²) >= 11 is 3.60. The number of carbonyl (C=O) groups excluding carboxylic acids is 1. The molecule has 4 N–H and O–H groups in total. The maximum atomic E-state index is 12.0. The molecular formula is C19H19BrN6O. The van der Waals surface area contributed by atoms with E-state index < -0.39 is 0 Å². The number of nitrogens with zero attached hydrogens (tertiary/aromatic N) is 3. The summed E-state index contributed by atoms with van der Waals surface area (Å²) in [6.07, 6.45) is 9.00. The molecule has 3 heterocycles. The summed E-state index contributed by atoms with van der Waals surface area (Å²) in [5, 5.41) is 3.57. The first-order chi connectivity index (χ1) is 13.0. The highest BCUT2D eigenvalue weighted by molar-refractivity contribution is 9.10. The zero-order valence-corrected chi connectivity index (χ0v) is 16.3. The Morgan fingerprint density at radius 1 is 1.41 bits per heavy atom. The van der Waals surface area contributed by atoms with Gasteiger partial charge in [-0.25, -0.2) is 9.97 Å². The molecule has 8 heteroatoms. The number of carbonyl (C=O) groups is 1. The number of nitrogens with two attached hydrogens (primary N) is 1. The van der Waals surface area contributed by atoms with Gasteiger partial charge in [0.1, 0.15) is 5.52 Å². The highest BCUT2D eigenvalue weighted by Gasteiger charge is 2.47. The first-order valence-electron chi connectivity index (χ1n) is 8.93. The molecule has 1 fully saturated rings. The van der Waals surface area contributed by atoms with E-state index in [1.807, 2.05) is 29.9 Å². The molecule has 5 rings (SSSR count). The van der Waals surface area contributed by atoms with Crippen LogP contribution in [0.5, 0.6) is 0 Å². The molecule has 0 radical (unpaired) electrons. The van der Waals surface area contributed by atoms with E-state index in [9.17, 15) is 4.79 Å². The number of fused-ring (bicyclic) bond motifs is 3. The van der Waals surface area contributed by atoms with Gasteiger partial charge in [-0.1, -0.05) is 12.2 Å². The van der Waals surface area contributed by atoms with E-state index in [0.29, 0.717) is 11.6 Å². The van der Waals surface area contributed by atoms with E-state index in [1.165, 1.54) is 0 Å². The molecule has 2 bridgehead atoms. The Bertz CT molecular complexity index is 1080. The highest BCUT2D eigenvalue weighted by atomic mass is 79.9. The quantitative estimate of drug-likeness (QED) is 0.558. The standard InChI is InChI=1S/C19H19BrN6O/c1-26-6-2-3-12(26)18-24-16-15(11(20)8-22-19(16)25-18)23-14-10-5-4-9(7-10)13(14)17(21)27/h2-6,8-10,13-14H,7H2,1H3,(H2,21,27)(H2,22,23,24,25)/t9-,10+,13+,14-/m1/s1. The number of hydrogen-bond donors (Lipinski definition) is 3. The van der Waals surface area contributed by atoms with Crippen LogP contribution >= 0.6 is 15.9 Å². The van der Waals surface area contributed by atoms with E-state index in [0.717, 1.165) is 33.6 Å². The Morgan fingerprint density at radius 2 is 2.22 bits per heavy atom. The van der Waals surface area contributed by atoms with Gasteiger partial charge < -0.3 is 20.6 Å². The third kappa shape index (κ3) is 2.50. The number of halogens is 1. The maximum Gasteiger partial charge on any atom is 0.223 e. The highest BCUT2D eigenvalue weighted by Crippen LogP contribution is 2.46. The lowest BCUT2D eigenvalue weighted by Crippen LogP contribution is -2.41. The molecular weight excluding hydrogens is 408 g/mol. The molecule has 0 aromatic carbocycles. The predicted octanol–water partition coefficient (Wildman–Crippen LogP) is 2.81. The van der Waals surface area contributed by atoms with E-state index >= 15 is 0 Å². The molecule has 4 atom stereocenters. The van der Waals surface area contributed by atoms with Crippen LogP contribution in [0.4, 0.5) is 5.69 Å². The van der Waals surface area contributed by atoms with Crippen LogP contribution in [-0.4, -0.2) is 31.5 Å². The smallest absolute Gasteiger partial charge is 0.223 e. The summed E-state index contributed by atoms with van der Waals surface area (Å²) in [7, 11) is 1.98. The first-order valence-corrected chi connectivity index (χ1v) is 9.72. The Kier molecular flexibility index (Phi) is 3.65. The Balaban J connectivity index is 1.58. The Hall–Kier alpha value is -2.61. The average Bonchev–Trinajstić information content (AvgIpc) is 3.39. The van der Waals surface area contributed by atoms with Crippen molar-refractivity contribution < 1.29 is 4.79 Å². The van der Waals surface area contributed by atoms with E-state index in [2.05, 4.69) is 48.4 Å². The third-order valence-corrected chi connectivity index (χ3v) is 6.36. The number of aryl methyl sites for hydroxylation is 1. The number of pyridine rings is 1. The molecule has 3 aromatic rings. The number of amides is 1. The number of primary amides is 1. The number of aromatic amines is 1. The van der Waals surface area contributed by atoms with E-state index in [-0.39, 0.29) is 23.8 Å². The predicted molar refractivity (Wildman–Crippen MR) is 107 cm³/mol. The van der Waals surface area contributed by atoms with Gasteiger partial charge in [-0.3, -0.25) is 4.79 Å². The number of nitrogens with one attached hydrogen (secondary N) is 2. The van der Waals surface area contributed by atoms with Gasteiger partial charge >= 0.3 is 0 Å². The van der Waals surface area contributed by atoms with Crippen molar-refractivity contribution in [1.29, 1.82) is 0 Å². The second-order valence-corrected chi connectivity index (χ2v) is 8.17. The number of allylic oxidation sites excluding steroid dienone is 1. The molecule has 1 saturated carbocycles. The lowest BCUT2D eigenvalue weighted by molar-refractivity contribution is -0.122. The van der Waals surface area contributed by atoms with Gasteiger partial charge in [0, 0.05) is 25.5 Å². The van der Waals surface area contributed by atoms with E-state index in [1.54, 1.807) is 6.20 Å². The van der Waals surface area contributed by atoms with Crippen molar-refractivity contribution >= 4 is 38.7 Å². The van der Waals surface area contributed by atoms with Gasteiger partial charge in [-0.2, -0.15) is 0 Å². The molecule has 1 amide bonds. The van der Waals surface area contributed by atoms with Gasteiger partial charge in [-0.15, -0.1) is 0 Å². The zero-order chi connectivity index (χ0) is 18.7. The summed E-state index contributed by atoms with van der Waals surface area (Å²) in [5.41, 5.74) is 9.00. The summed E-state index contributed by atoms with van der Waals surface area (Å²) < 4.78 is 2.83. The second-order valence-electron chi connectivity index (χ2n) is 7.32. The largest absolute Gasteiger partial charge is 0.378 e. The average molecular weight is 427 g/mol. The molecule has 138 valence electrons. The minimum atomic E-state index is -0.250. The fourth-order valence-electron chi connectivity index (χ4n) is 4.48. The van der Waals surface area contributed by atoms with Gasteiger partial charge in [0.15, 0.2) is 11.5 Å². The number of anilines is 1. The second kappa shape index (κ2) is 5.95. The summed E-state index contributed by atoms with van der Waals surface area (Å²) in [6.45, 7) is 0. The van der Waals surface area contributed by atoms with Crippen LogP contribution in [0.3, 0.4) is 0 Å². The minimum Gasteiger partial charge on any atom is -0.378 e. The molecule has 3 aromatic heterocycles.